The normalized spacial score (nSPS) is 21.5. The van der Waals surface area contributed by atoms with Crippen LogP contribution in [0.15, 0.2) is 48.5 Å². The van der Waals surface area contributed by atoms with Gasteiger partial charge in [-0.25, -0.2) is 0 Å². The maximum Gasteiger partial charge on any atom is 0.126 e. The van der Waals surface area contributed by atoms with Crippen molar-refractivity contribution in [1.82, 2.24) is 0 Å². The monoisotopic (exact) mass is 404 g/mol. The van der Waals surface area contributed by atoms with Crippen molar-refractivity contribution in [1.29, 1.82) is 0 Å². The third-order valence-electron chi connectivity index (χ3n) is 7.22. The fraction of sp³-hybridized carbons (Fsp3) is 0.552. The van der Waals surface area contributed by atoms with E-state index in [4.69, 9.17) is 0 Å². The molecule has 0 amide bonds. The van der Waals surface area contributed by atoms with Gasteiger partial charge in [-0.3, -0.25) is 0 Å². The molecule has 1 aliphatic carbocycles. The molecule has 30 heavy (non-hydrogen) atoms. The van der Waals surface area contributed by atoms with Crippen LogP contribution in [-0.2, 0) is 11.2 Å². The Bertz CT molecular complexity index is 748. The maximum atomic E-state index is 11.9. The minimum atomic E-state index is -0.0388. The molecule has 0 unspecified atom stereocenters. The van der Waals surface area contributed by atoms with Crippen LogP contribution in [-0.4, -0.2) is 6.29 Å². The highest BCUT2D eigenvalue weighted by Crippen LogP contribution is 2.45. The molecule has 3 rings (SSSR count). The van der Waals surface area contributed by atoms with Gasteiger partial charge in [0.05, 0.1) is 0 Å². The zero-order chi connectivity index (χ0) is 21.2. The molecule has 0 radical (unpaired) electrons. The van der Waals surface area contributed by atoms with Gasteiger partial charge in [-0.15, -0.1) is 0 Å². The standard InChI is InChI=1S/C29H40O/c1-3-5-6-7-8-20-29(23-30)21-18-28(19-22-29)27-16-14-26(15-17-27)25-12-10-24(9-4-2)11-13-25/h10-17,23,28H,3-9,18-22H2,1-2H3. The van der Waals surface area contributed by atoms with E-state index >= 15 is 0 Å². The molecule has 1 nitrogen and oxygen atoms in total. The zero-order valence-corrected chi connectivity index (χ0v) is 19.2. The van der Waals surface area contributed by atoms with Gasteiger partial charge in [-0.1, -0.05) is 101 Å². The molecule has 1 fully saturated rings. The van der Waals surface area contributed by atoms with Crippen LogP contribution < -0.4 is 0 Å². The van der Waals surface area contributed by atoms with E-state index in [-0.39, 0.29) is 5.41 Å². The Hall–Kier alpha value is -1.89. The lowest BCUT2D eigenvalue weighted by atomic mass is 9.67. The van der Waals surface area contributed by atoms with Crippen LogP contribution >= 0.6 is 0 Å². The quantitative estimate of drug-likeness (QED) is 0.271. The molecular formula is C29H40O. The molecule has 0 saturated heterocycles. The van der Waals surface area contributed by atoms with Crippen molar-refractivity contribution in [2.24, 2.45) is 5.41 Å². The van der Waals surface area contributed by atoms with Crippen LogP contribution in [0.3, 0.4) is 0 Å². The van der Waals surface area contributed by atoms with Crippen LogP contribution in [0.4, 0.5) is 0 Å². The number of hydrogen-bond acceptors (Lipinski definition) is 1. The van der Waals surface area contributed by atoms with Gasteiger partial charge in [0.2, 0.25) is 0 Å². The van der Waals surface area contributed by atoms with Crippen molar-refractivity contribution < 1.29 is 4.79 Å². The van der Waals surface area contributed by atoms with E-state index in [1.165, 1.54) is 67.1 Å². The largest absolute Gasteiger partial charge is 0.303 e. The van der Waals surface area contributed by atoms with Gasteiger partial charge in [0.1, 0.15) is 6.29 Å². The first kappa shape index (κ1) is 22.8. The second-order valence-electron chi connectivity index (χ2n) is 9.49. The van der Waals surface area contributed by atoms with Crippen molar-refractivity contribution in [3.63, 3.8) is 0 Å². The molecule has 1 aliphatic rings. The highest BCUT2D eigenvalue weighted by Gasteiger charge is 2.34. The zero-order valence-electron chi connectivity index (χ0n) is 19.2. The van der Waals surface area contributed by atoms with Crippen LogP contribution in [0.25, 0.3) is 11.1 Å². The Kier molecular flexibility index (Phi) is 8.73. The lowest BCUT2D eigenvalue weighted by Gasteiger charge is -2.36. The average Bonchev–Trinajstić information content (AvgIpc) is 2.80. The van der Waals surface area contributed by atoms with Gasteiger partial charge >= 0.3 is 0 Å². The molecule has 0 bridgehead atoms. The highest BCUT2D eigenvalue weighted by atomic mass is 16.1. The number of rotatable bonds is 11. The molecule has 1 heteroatoms. The SMILES string of the molecule is CCCCCCCC1(C=O)CCC(c2ccc(-c3ccc(CCC)cc3)cc2)CC1. The van der Waals surface area contributed by atoms with Crippen molar-refractivity contribution in [3.8, 4) is 11.1 Å². The fourth-order valence-corrected chi connectivity index (χ4v) is 5.13. The van der Waals surface area contributed by atoms with Crippen molar-refractivity contribution >= 4 is 6.29 Å². The van der Waals surface area contributed by atoms with Gasteiger partial charge in [0, 0.05) is 5.41 Å². The van der Waals surface area contributed by atoms with E-state index in [1.54, 1.807) is 0 Å². The third kappa shape index (κ3) is 6.06. The van der Waals surface area contributed by atoms with E-state index in [1.807, 2.05) is 0 Å². The highest BCUT2D eigenvalue weighted by molar-refractivity contribution is 5.64. The Balaban J connectivity index is 1.54. The number of aryl methyl sites for hydroxylation is 1. The molecule has 162 valence electrons. The van der Waals surface area contributed by atoms with Crippen molar-refractivity contribution in [2.45, 2.75) is 96.8 Å². The number of unbranched alkanes of at least 4 members (excludes halogenated alkanes) is 4. The predicted molar refractivity (Wildman–Crippen MR) is 129 cm³/mol. The summed E-state index contributed by atoms with van der Waals surface area (Å²) in [5, 5.41) is 0. The fourth-order valence-electron chi connectivity index (χ4n) is 5.13. The Morgan fingerprint density at radius 2 is 1.40 bits per heavy atom. The van der Waals surface area contributed by atoms with Gasteiger partial charge in [0.25, 0.3) is 0 Å². The van der Waals surface area contributed by atoms with Gasteiger partial charge in [0.15, 0.2) is 0 Å². The topological polar surface area (TPSA) is 17.1 Å². The van der Waals surface area contributed by atoms with Crippen molar-refractivity contribution in [3.05, 3.63) is 59.7 Å². The summed E-state index contributed by atoms with van der Waals surface area (Å²) >= 11 is 0. The lowest BCUT2D eigenvalue weighted by molar-refractivity contribution is -0.118. The van der Waals surface area contributed by atoms with Gasteiger partial charge in [-0.2, -0.15) is 0 Å². The minimum Gasteiger partial charge on any atom is -0.303 e. The molecular weight excluding hydrogens is 364 g/mol. The lowest BCUT2D eigenvalue weighted by Crippen LogP contribution is -2.28. The number of hydrogen-bond donors (Lipinski definition) is 0. The second kappa shape index (κ2) is 11.5. The van der Waals surface area contributed by atoms with Crippen LogP contribution in [0, 0.1) is 5.41 Å². The molecule has 0 aromatic heterocycles. The molecule has 0 aliphatic heterocycles. The van der Waals surface area contributed by atoms with Crippen molar-refractivity contribution in [2.75, 3.05) is 0 Å². The Labute approximate surface area is 184 Å². The summed E-state index contributed by atoms with van der Waals surface area (Å²) < 4.78 is 0. The molecule has 0 spiro atoms. The minimum absolute atomic E-state index is 0.0388. The smallest absolute Gasteiger partial charge is 0.126 e. The first-order valence-corrected chi connectivity index (χ1v) is 12.4. The summed E-state index contributed by atoms with van der Waals surface area (Å²) in [6.45, 7) is 4.48. The van der Waals surface area contributed by atoms with E-state index in [0.29, 0.717) is 5.92 Å². The summed E-state index contributed by atoms with van der Waals surface area (Å²) in [5.41, 5.74) is 5.43. The summed E-state index contributed by atoms with van der Waals surface area (Å²) in [5.74, 6) is 0.610. The van der Waals surface area contributed by atoms with E-state index in [0.717, 1.165) is 38.5 Å². The Morgan fingerprint density at radius 1 is 0.800 bits per heavy atom. The maximum absolute atomic E-state index is 11.9. The number of aldehydes is 1. The van der Waals surface area contributed by atoms with Gasteiger partial charge in [-0.05, 0) is 66.7 Å². The van der Waals surface area contributed by atoms with Gasteiger partial charge < -0.3 is 4.79 Å². The summed E-state index contributed by atoms with van der Waals surface area (Å²) in [6, 6.07) is 18.2. The second-order valence-corrected chi connectivity index (χ2v) is 9.49. The van der Waals surface area contributed by atoms with Crippen LogP contribution in [0.5, 0.6) is 0 Å². The van der Waals surface area contributed by atoms with E-state index in [2.05, 4.69) is 62.4 Å². The summed E-state index contributed by atoms with van der Waals surface area (Å²) in [4.78, 5) is 11.9. The molecule has 1 saturated carbocycles. The first-order chi connectivity index (χ1) is 14.7. The summed E-state index contributed by atoms with van der Waals surface area (Å²) in [6.07, 6.45) is 15.6. The third-order valence-corrected chi connectivity index (χ3v) is 7.22. The van der Waals surface area contributed by atoms with E-state index < -0.39 is 0 Å². The van der Waals surface area contributed by atoms with E-state index in [9.17, 15) is 4.79 Å². The number of benzene rings is 2. The molecule has 2 aromatic rings. The molecule has 0 N–H and O–H groups in total. The average molecular weight is 405 g/mol. The first-order valence-electron chi connectivity index (χ1n) is 12.4. The molecule has 0 atom stereocenters. The van der Waals surface area contributed by atoms with Crippen LogP contribution in [0.1, 0.15) is 102 Å². The van der Waals surface area contributed by atoms with Crippen LogP contribution in [0.2, 0.25) is 0 Å². The Morgan fingerprint density at radius 3 is 1.97 bits per heavy atom. The molecule has 0 heterocycles. The number of carbonyl (C=O) groups is 1. The summed E-state index contributed by atoms with van der Waals surface area (Å²) in [7, 11) is 0. The predicted octanol–water partition coefficient (Wildman–Crippen LogP) is 8.51. The molecule has 2 aromatic carbocycles. The number of carbonyl (C=O) groups excluding carboxylic acids is 1.